The van der Waals surface area contributed by atoms with E-state index >= 15 is 0 Å². The molecule has 0 aliphatic heterocycles. The van der Waals surface area contributed by atoms with Gasteiger partial charge in [-0.3, -0.25) is 0 Å². The summed E-state index contributed by atoms with van der Waals surface area (Å²) in [6, 6.07) is 7.45. The summed E-state index contributed by atoms with van der Waals surface area (Å²) in [6.45, 7) is -0.314. The number of sulfonamides is 1. The number of hydrogen-bond acceptors (Lipinski definition) is 4. The van der Waals surface area contributed by atoms with Crippen LogP contribution in [0.3, 0.4) is 0 Å². The normalized spacial score (nSPS) is 19.8. The molecule has 2 aromatic carbocycles. The van der Waals surface area contributed by atoms with Gasteiger partial charge in [0.15, 0.2) is 0 Å². The molecule has 8 heteroatoms. The molecule has 2 N–H and O–H groups in total. The van der Waals surface area contributed by atoms with Gasteiger partial charge in [-0.05, 0) is 54.7 Å². The van der Waals surface area contributed by atoms with Crippen LogP contribution in [-0.4, -0.2) is 27.2 Å². The summed E-state index contributed by atoms with van der Waals surface area (Å²) in [6.07, 6.45) is 1.78. The topological polar surface area (TPSA) is 75.6 Å². The van der Waals surface area contributed by atoms with Crippen LogP contribution in [0.4, 0.5) is 8.78 Å². The average Bonchev–Trinajstić information content (AvgIpc) is 2.60. The van der Waals surface area contributed by atoms with Crippen molar-refractivity contribution < 1.29 is 27.0 Å². The van der Waals surface area contributed by atoms with Crippen molar-refractivity contribution in [3.05, 3.63) is 59.2 Å². The van der Waals surface area contributed by atoms with Crippen LogP contribution in [0, 0.1) is 11.6 Å². The standard InChI is InChI=1S/C18H19F2NO4S/c1-25-14-5-6-15-12(9-14)3-2-8-18(15,22)11-21-26(23,24)17-7-4-13(19)10-16(17)20/h4-7,9-10,21-22H,2-3,8,11H2,1H3. The van der Waals surface area contributed by atoms with Gasteiger partial charge in [0.1, 0.15) is 27.9 Å². The van der Waals surface area contributed by atoms with E-state index in [1.807, 2.05) is 6.07 Å². The number of halogens is 2. The number of hydrogen-bond donors (Lipinski definition) is 2. The molecule has 1 aliphatic carbocycles. The summed E-state index contributed by atoms with van der Waals surface area (Å²) in [4.78, 5) is -0.659. The largest absolute Gasteiger partial charge is 0.497 e. The van der Waals surface area contributed by atoms with E-state index < -0.39 is 32.2 Å². The molecule has 0 fully saturated rings. The maximum atomic E-state index is 13.8. The second kappa shape index (κ2) is 6.94. The Morgan fingerprint density at radius 1 is 1.23 bits per heavy atom. The summed E-state index contributed by atoms with van der Waals surface area (Å²) in [5.41, 5.74) is 0.0840. The molecule has 0 saturated carbocycles. The van der Waals surface area contributed by atoms with E-state index in [0.29, 0.717) is 30.2 Å². The molecule has 0 bridgehead atoms. The summed E-state index contributed by atoms with van der Waals surface area (Å²) < 4.78 is 58.9. The van der Waals surface area contributed by atoms with Crippen LogP contribution >= 0.6 is 0 Å². The van der Waals surface area contributed by atoms with Crippen molar-refractivity contribution in [1.29, 1.82) is 0 Å². The van der Waals surface area contributed by atoms with Crippen LogP contribution in [0.15, 0.2) is 41.3 Å². The number of ether oxygens (including phenoxy) is 1. The molecule has 0 aromatic heterocycles. The lowest BCUT2D eigenvalue weighted by Crippen LogP contribution is -2.43. The molecule has 5 nitrogen and oxygen atoms in total. The number of aryl methyl sites for hydroxylation is 1. The monoisotopic (exact) mass is 383 g/mol. The van der Waals surface area contributed by atoms with Crippen LogP contribution in [0.5, 0.6) is 5.75 Å². The highest BCUT2D eigenvalue weighted by Gasteiger charge is 2.36. The first kappa shape index (κ1) is 18.8. The zero-order valence-corrected chi connectivity index (χ0v) is 14.9. The summed E-state index contributed by atoms with van der Waals surface area (Å²) >= 11 is 0. The fourth-order valence-electron chi connectivity index (χ4n) is 3.23. The number of methoxy groups -OCH3 is 1. The number of nitrogens with one attached hydrogen (secondary N) is 1. The molecular weight excluding hydrogens is 364 g/mol. The summed E-state index contributed by atoms with van der Waals surface area (Å²) in [5, 5.41) is 11.0. The lowest BCUT2D eigenvalue weighted by molar-refractivity contribution is 0.0242. The van der Waals surface area contributed by atoms with Gasteiger partial charge >= 0.3 is 0 Å². The van der Waals surface area contributed by atoms with E-state index in [-0.39, 0.29) is 6.54 Å². The number of rotatable bonds is 5. The predicted molar refractivity (Wildman–Crippen MR) is 91.4 cm³/mol. The van der Waals surface area contributed by atoms with Crippen LogP contribution in [0.25, 0.3) is 0 Å². The molecule has 0 amide bonds. The van der Waals surface area contributed by atoms with Gasteiger partial charge in [0, 0.05) is 12.6 Å². The van der Waals surface area contributed by atoms with Gasteiger partial charge in [0.25, 0.3) is 0 Å². The molecule has 3 rings (SSSR count). The van der Waals surface area contributed by atoms with Crippen LogP contribution in [0.1, 0.15) is 24.0 Å². The van der Waals surface area contributed by atoms with E-state index in [4.69, 9.17) is 4.74 Å². The second-order valence-electron chi connectivity index (χ2n) is 6.31. The van der Waals surface area contributed by atoms with Crippen molar-refractivity contribution in [2.24, 2.45) is 0 Å². The van der Waals surface area contributed by atoms with Crippen molar-refractivity contribution in [3.63, 3.8) is 0 Å². The first-order valence-corrected chi connectivity index (χ1v) is 9.58. The number of fused-ring (bicyclic) bond motifs is 1. The minimum atomic E-state index is -4.24. The molecule has 1 atom stereocenters. The third kappa shape index (κ3) is 3.58. The van der Waals surface area contributed by atoms with Crippen molar-refractivity contribution in [2.45, 2.75) is 29.8 Å². The fourth-order valence-corrected chi connectivity index (χ4v) is 4.38. The molecule has 0 heterocycles. The third-order valence-electron chi connectivity index (χ3n) is 4.59. The molecule has 0 saturated heterocycles. The Bertz CT molecular complexity index is 933. The Balaban J connectivity index is 1.85. The van der Waals surface area contributed by atoms with Gasteiger partial charge in [-0.2, -0.15) is 0 Å². The third-order valence-corrected chi connectivity index (χ3v) is 6.02. The van der Waals surface area contributed by atoms with E-state index in [2.05, 4.69) is 4.72 Å². The van der Waals surface area contributed by atoms with E-state index in [1.165, 1.54) is 0 Å². The highest BCUT2D eigenvalue weighted by atomic mass is 32.2. The average molecular weight is 383 g/mol. The Kier molecular flexibility index (Phi) is 5.01. The van der Waals surface area contributed by atoms with Crippen LogP contribution < -0.4 is 9.46 Å². The summed E-state index contributed by atoms with van der Waals surface area (Å²) in [7, 11) is -2.69. The highest BCUT2D eigenvalue weighted by molar-refractivity contribution is 7.89. The van der Waals surface area contributed by atoms with Crippen LogP contribution in [0.2, 0.25) is 0 Å². The predicted octanol–water partition coefficient (Wildman–Crippen LogP) is 2.48. The Morgan fingerprint density at radius 2 is 2.00 bits per heavy atom. The zero-order valence-electron chi connectivity index (χ0n) is 14.1. The lowest BCUT2D eigenvalue weighted by atomic mass is 9.79. The Labute approximate surface area is 150 Å². The summed E-state index contributed by atoms with van der Waals surface area (Å²) in [5.74, 6) is -1.39. The van der Waals surface area contributed by atoms with Crippen molar-refractivity contribution in [3.8, 4) is 5.75 Å². The number of benzene rings is 2. The molecule has 140 valence electrons. The van der Waals surface area contributed by atoms with Crippen molar-refractivity contribution >= 4 is 10.0 Å². The van der Waals surface area contributed by atoms with Gasteiger partial charge in [-0.25, -0.2) is 21.9 Å². The van der Waals surface area contributed by atoms with E-state index in [0.717, 1.165) is 24.1 Å². The molecule has 1 aliphatic rings. The molecule has 26 heavy (non-hydrogen) atoms. The smallest absolute Gasteiger partial charge is 0.243 e. The maximum absolute atomic E-state index is 13.8. The first-order chi connectivity index (χ1) is 12.2. The Hall–Kier alpha value is -2.03. The SMILES string of the molecule is COc1ccc2c(c1)CCCC2(O)CNS(=O)(=O)c1ccc(F)cc1F. The Morgan fingerprint density at radius 3 is 2.69 bits per heavy atom. The van der Waals surface area contributed by atoms with Gasteiger partial charge in [0.05, 0.1) is 7.11 Å². The van der Waals surface area contributed by atoms with E-state index in [1.54, 1.807) is 19.2 Å². The zero-order chi connectivity index (χ0) is 18.9. The molecule has 1 unspecified atom stereocenters. The minimum Gasteiger partial charge on any atom is -0.497 e. The quantitative estimate of drug-likeness (QED) is 0.832. The molecule has 0 spiro atoms. The fraction of sp³-hybridized carbons (Fsp3) is 0.333. The first-order valence-electron chi connectivity index (χ1n) is 8.10. The van der Waals surface area contributed by atoms with Gasteiger partial charge in [0.2, 0.25) is 10.0 Å². The molecule has 2 aromatic rings. The van der Waals surface area contributed by atoms with Gasteiger partial charge in [-0.1, -0.05) is 6.07 Å². The highest BCUT2D eigenvalue weighted by Crippen LogP contribution is 2.37. The van der Waals surface area contributed by atoms with Crippen molar-refractivity contribution in [2.75, 3.05) is 13.7 Å². The molecular formula is C18H19F2NO4S. The van der Waals surface area contributed by atoms with Crippen LogP contribution in [-0.2, 0) is 22.0 Å². The molecule has 0 radical (unpaired) electrons. The van der Waals surface area contributed by atoms with Gasteiger partial charge in [-0.15, -0.1) is 0 Å². The lowest BCUT2D eigenvalue weighted by Gasteiger charge is -2.34. The maximum Gasteiger partial charge on any atom is 0.243 e. The second-order valence-corrected chi connectivity index (χ2v) is 8.04. The minimum absolute atomic E-state index is 0.314. The van der Waals surface area contributed by atoms with E-state index in [9.17, 15) is 22.3 Å². The van der Waals surface area contributed by atoms with Gasteiger partial charge < -0.3 is 9.84 Å². The van der Waals surface area contributed by atoms with Crippen molar-refractivity contribution in [1.82, 2.24) is 4.72 Å². The number of aliphatic hydroxyl groups is 1.